The Morgan fingerprint density at radius 2 is 1.86 bits per heavy atom. The molecule has 0 aliphatic carbocycles. The standard InChI is InChI=1S/C15H19N3OS.HI/c1-16-15(18-11-14-4-3-9-20-14)17-10-12-5-7-13(19-2)8-6-12;/h3-9H,10-11H2,1-2H3,(H2,16,17,18);1H. The van der Waals surface area contributed by atoms with E-state index in [9.17, 15) is 0 Å². The highest BCUT2D eigenvalue weighted by molar-refractivity contribution is 14.0. The second-order valence-corrected chi connectivity index (χ2v) is 5.24. The van der Waals surface area contributed by atoms with E-state index in [4.69, 9.17) is 4.74 Å². The van der Waals surface area contributed by atoms with E-state index < -0.39 is 0 Å². The molecule has 4 nitrogen and oxygen atoms in total. The Bertz CT molecular complexity index is 541. The van der Waals surface area contributed by atoms with Crippen molar-refractivity contribution in [3.05, 3.63) is 52.2 Å². The third kappa shape index (κ3) is 5.92. The molecule has 0 spiro atoms. The van der Waals surface area contributed by atoms with Crippen LogP contribution in [0.3, 0.4) is 0 Å². The number of benzene rings is 1. The Morgan fingerprint density at radius 3 is 2.43 bits per heavy atom. The second kappa shape index (κ2) is 9.62. The number of nitrogens with one attached hydrogen (secondary N) is 2. The summed E-state index contributed by atoms with van der Waals surface area (Å²) in [4.78, 5) is 5.50. The maximum atomic E-state index is 5.14. The average molecular weight is 417 g/mol. The number of hydrogen-bond acceptors (Lipinski definition) is 3. The number of hydrogen-bond donors (Lipinski definition) is 2. The van der Waals surface area contributed by atoms with Crippen LogP contribution in [0.4, 0.5) is 0 Å². The van der Waals surface area contributed by atoms with Crippen LogP contribution < -0.4 is 15.4 Å². The summed E-state index contributed by atoms with van der Waals surface area (Å²) < 4.78 is 5.14. The lowest BCUT2D eigenvalue weighted by atomic mass is 10.2. The van der Waals surface area contributed by atoms with Gasteiger partial charge in [-0.05, 0) is 29.1 Å². The van der Waals surface area contributed by atoms with Gasteiger partial charge in [-0.15, -0.1) is 35.3 Å². The van der Waals surface area contributed by atoms with E-state index in [2.05, 4.69) is 33.1 Å². The van der Waals surface area contributed by atoms with E-state index in [1.54, 1.807) is 25.5 Å². The lowest BCUT2D eigenvalue weighted by Crippen LogP contribution is -2.36. The highest BCUT2D eigenvalue weighted by Crippen LogP contribution is 2.11. The van der Waals surface area contributed by atoms with Gasteiger partial charge in [0.05, 0.1) is 13.7 Å². The molecule has 1 aromatic carbocycles. The first-order valence-corrected chi connectivity index (χ1v) is 7.29. The van der Waals surface area contributed by atoms with Crippen LogP contribution in [0.2, 0.25) is 0 Å². The number of guanidine groups is 1. The molecule has 0 unspecified atom stereocenters. The molecule has 0 saturated heterocycles. The van der Waals surface area contributed by atoms with Crippen LogP contribution in [0.15, 0.2) is 46.8 Å². The zero-order chi connectivity index (χ0) is 14.2. The van der Waals surface area contributed by atoms with Gasteiger partial charge in [0.1, 0.15) is 5.75 Å². The molecular formula is C15H20IN3OS. The number of rotatable bonds is 5. The predicted molar refractivity (Wildman–Crippen MR) is 99.8 cm³/mol. The fourth-order valence-corrected chi connectivity index (χ4v) is 2.38. The van der Waals surface area contributed by atoms with Gasteiger partial charge >= 0.3 is 0 Å². The SMILES string of the molecule is CN=C(NCc1ccc(OC)cc1)NCc1cccs1.I. The minimum absolute atomic E-state index is 0. The van der Waals surface area contributed by atoms with Gasteiger partial charge < -0.3 is 15.4 Å². The number of ether oxygens (including phenoxy) is 1. The summed E-state index contributed by atoms with van der Waals surface area (Å²) in [5, 5.41) is 8.65. The molecule has 0 saturated carbocycles. The maximum Gasteiger partial charge on any atom is 0.191 e. The zero-order valence-corrected chi connectivity index (χ0v) is 15.3. The zero-order valence-electron chi connectivity index (χ0n) is 12.1. The van der Waals surface area contributed by atoms with Crippen molar-refractivity contribution in [3.8, 4) is 5.75 Å². The maximum absolute atomic E-state index is 5.14. The molecule has 0 amide bonds. The van der Waals surface area contributed by atoms with Gasteiger partial charge in [-0.1, -0.05) is 18.2 Å². The Morgan fingerprint density at radius 1 is 1.14 bits per heavy atom. The van der Waals surface area contributed by atoms with Crippen LogP contribution >= 0.6 is 35.3 Å². The first-order chi connectivity index (χ1) is 9.81. The van der Waals surface area contributed by atoms with Gasteiger partial charge in [0.15, 0.2) is 5.96 Å². The molecule has 0 atom stereocenters. The third-order valence-corrected chi connectivity index (χ3v) is 3.73. The molecular weight excluding hydrogens is 397 g/mol. The average Bonchev–Trinajstić information content (AvgIpc) is 3.01. The smallest absolute Gasteiger partial charge is 0.191 e. The lowest BCUT2D eigenvalue weighted by molar-refractivity contribution is 0.414. The Hall–Kier alpha value is -1.28. The lowest BCUT2D eigenvalue weighted by Gasteiger charge is -2.11. The summed E-state index contributed by atoms with van der Waals surface area (Å²) in [6.07, 6.45) is 0. The molecule has 6 heteroatoms. The molecule has 1 aromatic heterocycles. The normalized spacial score (nSPS) is 10.7. The second-order valence-electron chi connectivity index (χ2n) is 4.21. The van der Waals surface area contributed by atoms with E-state index in [0.29, 0.717) is 0 Å². The van der Waals surface area contributed by atoms with Gasteiger partial charge in [-0.25, -0.2) is 0 Å². The van der Waals surface area contributed by atoms with Crippen LogP contribution in [0.25, 0.3) is 0 Å². The monoisotopic (exact) mass is 417 g/mol. The molecule has 2 N–H and O–H groups in total. The first kappa shape index (κ1) is 17.8. The fourth-order valence-electron chi connectivity index (χ4n) is 1.73. The Balaban J connectivity index is 0.00000220. The molecule has 0 aliphatic heterocycles. The van der Waals surface area contributed by atoms with Crippen LogP contribution in [0, 0.1) is 0 Å². The van der Waals surface area contributed by atoms with E-state index >= 15 is 0 Å². The topological polar surface area (TPSA) is 45.7 Å². The molecule has 0 bridgehead atoms. The Labute approximate surface area is 146 Å². The van der Waals surface area contributed by atoms with Gasteiger partial charge in [-0.3, -0.25) is 4.99 Å². The van der Waals surface area contributed by atoms with Crippen molar-refractivity contribution in [2.24, 2.45) is 4.99 Å². The highest BCUT2D eigenvalue weighted by atomic mass is 127. The largest absolute Gasteiger partial charge is 0.497 e. The molecule has 2 rings (SSSR count). The molecule has 21 heavy (non-hydrogen) atoms. The number of methoxy groups -OCH3 is 1. The molecule has 114 valence electrons. The number of halogens is 1. The summed E-state index contributed by atoms with van der Waals surface area (Å²) in [7, 11) is 3.45. The van der Waals surface area contributed by atoms with Crippen molar-refractivity contribution in [1.82, 2.24) is 10.6 Å². The summed E-state index contributed by atoms with van der Waals surface area (Å²) in [6.45, 7) is 1.52. The van der Waals surface area contributed by atoms with E-state index in [1.807, 2.05) is 24.3 Å². The quantitative estimate of drug-likeness (QED) is 0.446. The minimum Gasteiger partial charge on any atom is -0.497 e. The highest BCUT2D eigenvalue weighted by Gasteiger charge is 2.00. The number of aliphatic imine (C=N–C) groups is 1. The van der Waals surface area contributed by atoms with Gasteiger partial charge in [0, 0.05) is 18.5 Å². The van der Waals surface area contributed by atoms with Crippen molar-refractivity contribution in [2.75, 3.05) is 14.2 Å². The van der Waals surface area contributed by atoms with E-state index in [-0.39, 0.29) is 24.0 Å². The van der Waals surface area contributed by atoms with Crippen molar-refractivity contribution in [1.29, 1.82) is 0 Å². The van der Waals surface area contributed by atoms with Crippen molar-refractivity contribution < 1.29 is 4.74 Å². The van der Waals surface area contributed by atoms with Gasteiger partial charge in [-0.2, -0.15) is 0 Å². The summed E-state index contributed by atoms with van der Waals surface area (Å²) in [5.41, 5.74) is 1.19. The molecule has 2 aromatic rings. The van der Waals surface area contributed by atoms with Gasteiger partial charge in [0.25, 0.3) is 0 Å². The van der Waals surface area contributed by atoms with E-state index in [0.717, 1.165) is 24.8 Å². The Kier molecular flexibility index (Phi) is 8.14. The third-order valence-electron chi connectivity index (χ3n) is 2.85. The number of nitrogens with zero attached hydrogens (tertiary/aromatic N) is 1. The first-order valence-electron chi connectivity index (χ1n) is 6.41. The molecule has 0 radical (unpaired) electrons. The van der Waals surface area contributed by atoms with Crippen molar-refractivity contribution in [2.45, 2.75) is 13.1 Å². The van der Waals surface area contributed by atoms with Crippen molar-refractivity contribution >= 4 is 41.3 Å². The van der Waals surface area contributed by atoms with E-state index in [1.165, 1.54) is 10.4 Å². The molecule has 0 fully saturated rings. The molecule has 0 aliphatic rings. The van der Waals surface area contributed by atoms with Crippen LogP contribution in [-0.2, 0) is 13.1 Å². The number of thiophene rings is 1. The predicted octanol–water partition coefficient (Wildman–Crippen LogP) is 3.24. The van der Waals surface area contributed by atoms with Crippen LogP contribution in [0.1, 0.15) is 10.4 Å². The van der Waals surface area contributed by atoms with Gasteiger partial charge in [0.2, 0.25) is 0 Å². The van der Waals surface area contributed by atoms with Crippen LogP contribution in [0.5, 0.6) is 5.75 Å². The fraction of sp³-hybridized carbons (Fsp3) is 0.267. The summed E-state index contributed by atoms with van der Waals surface area (Å²) >= 11 is 1.73. The van der Waals surface area contributed by atoms with Crippen molar-refractivity contribution in [3.63, 3.8) is 0 Å². The molecule has 1 heterocycles. The summed E-state index contributed by atoms with van der Waals surface area (Å²) in [5.74, 6) is 1.67. The summed E-state index contributed by atoms with van der Waals surface area (Å²) in [6, 6.07) is 12.2. The minimum atomic E-state index is 0. The van der Waals surface area contributed by atoms with Crippen LogP contribution in [-0.4, -0.2) is 20.1 Å².